The normalized spacial score (nSPS) is 20.1. The van der Waals surface area contributed by atoms with E-state index in [1.807, 2.05) is 17.9 Å². The Morgan fingerprint density at radius 3 is 2.85 bits per heavy atom. The average molecular weight is 298 g/mol. The van der Waals surface area contributed by atoms with Gasteiger partial charge in [-0.2, -0.15) is 0 Å². The van der Waals surface area contributed by atoms with Gasteiger partial charge in [-0.15, -0.1) is 0 Å². The smallest absolute Gasteiger partial charge is 0.242 e. The lowest BCUT2D eigenvalue weighted by Crippen LogP contribution is -2.39. The highest BCUT2D eigenvalue weighted by Gasteiger charge is 2.24. The van der Waals surface area contributed by atoms with Gasteiger partial charge in [0.2, 0.25) is 10.0 Å². The number of aliphatic hydroxyl groups excluding tert-OH is 1. The summed E-state index contributed by atoms with van der Waals surface area (Å²) in [6.45, 7) is 3.62. The van der Waals surface area contributed by atoms with Crippen molar-refractivity contribution in [3.05, 3.63) is 24.3 Å². The Kier molecular flexibility index (Phi) is 5.01. The van der Waals surface area contributed by atoms with Crippen LogP contribution in [0.25, 0.3) is 0 Å². The third-order valence-electron chi connectivity index (χ3n) is 3.43. The zero-order valence-corrected chi connectivity index (χ0v) is 12.6. The van der Waals surface area contributed by atoms with Crippen molar-refractivity contribution < 1.29 is 13.5 Å². The van der Waals surface area contributed by atoms with Gasteiger partial charge in [-0.05, 0) is 31.4 Å². The van der Waals surface area contributed by atoms with Crippen LogP contribution in [0.5, 0.6) is 0 Å². The van der Waals surface area contributed by atoms with Crippen molar-refractivity contribution >= 4 is 15.7 Å². The molecular weight excluding hydrogens is 276 g/mol. The summed E-state index contributed by atoms with van der Waals surface area (Å²) in [5.74, 6) is 0. The molecule has 5 nitrogen and oxygen atoms in total. The zero-order chi connectivity index (χ0) is 14.6. The molecule has 0 spiro atoms. The molecule has 1 unspecified atom stereocenters. The number of β-amino-alcohol motifs (C(OH)–C–C–N with tert-alkyl or cyclic N) is 1. The van der Waals surface area contributed by atoms with Crippen LogP contribution in [0.3, 0.4) is 0 Å². The van der Waals surface area contributed by atoms with Crippen molar-refractivity contribution in [3.63, 3.8) is 0 Å². The SMILES string of the molecule is CCCNS(=O)(=O)c1ccccc1N1CCCC(O)C1. The third-order valence-corrected chi connectivity index (χ3v) is 4.94. The first-order valence-electron chi connectivity index (χ1n) is 7.06. The first-order valence-corrected chi connectivity index (χ1v) is 8.54. The van der Waals surface area contributed by atoms with Crippen molar-refractivity contribution in [1.29, 1.82) is 0 Å². The Morgan fingerprint density at radius 1 is 1.40 bits per heavy atom. The molecule has 0 bridgehead atoms. The molecule has 6 heteroatoms. The molecule has 1 aliphatic heterocycles. The van der Waals surface area contributed by atoms with Crippen LogP contribution in [0.1, 0.15) is 26.2 Å². The number of nitrogens with one attached hydrogen (secondary N) is 1. The van der Waals surface area contributed by atoms with E-state index >= 15 is 0 Å². The predicted octanol–water partition coefficient (Wildman–Crippen LogP) is 1.34. The highest BCUT2D eigenvalue weighted by Crippen LogP contribution is 2.27. The first-order chi connectivity index (χ1) is 9.54. The highest BCUT2D eigenvalue weighted by molar-refractivity contribution is 7.89. The summed E-state index contributed by atoms with van der Waals surface area (Å²) in [5.41, 5.74) is 0.676. The minimum atomic E-state index is -3.49. The van der Waals surface area contributed by atoms with Crippen LogP contribution in [0.4, 0.5) is 5.69 Å². The van der Waals surface area contributed by atoms with E-state index in [9.17, 15) is 13.5 Å². The minimum absolute atomic E-state index is 0.294. The van der Waals surface area contributed by atoms with Gasteiger partial charge in [0.25, 0.3) is 0 Å². The van der Waals surface area contributed by atoms with Gasteiger partial charge in [0.1, 0.15) is 4.90 Å². The van der Waals surface area contributed by atoms with E-state index in [0.29, 0.717) is 23.7 Å². The van der Waals surface area contributed by atoms with Gasteiger partial charge in [0.05, 0.1) is 11.8 Å². The molecule has 2 rings (SSSR count). The molecular formula is C14H22N2O3S. The molecule has 1 saturated heterocycles. The fourth-order valence-electron chi connectivity index (χ4n) is 2.43. The van der Waals surface area contributed by atoms with E-state index in [1.165, 1.54) is 0 Å². The summed E-state index contributed by atoms with van der Waals surface area (Å²) in [6, 6.07) is 6.98. The first kappa shape index (κ1) is 15.3. The molecule has 0 amide bonds. The summed E-state index contributed by atoms with van der Waals surface area (Å²) in [5, 5.41) is 9.77. The summed E-state index contributed by atoms with van der Waals surface area (Å²) in [6.07, 6.45) is 2.02. The molecule has 0 radical (unpaired) electrons. The quantitative estimate of drug-likeness (QED) is 0.860. The van der Waals surface area contributed by atoms with E-state index in [1.54, 1.807) is 18.2 Å². The summed E-state index contributed by atoms with van der Waals surface area (Å²) >= 11 is 0. The van der Waals surface area contributed by atoms with E-state index in [0.717, 1.165) is 25.8 Å². The van der Waals surface area contributed by atoms with Crippen molar-refractivity contribution in [2.75, 3.05) is 24.5 Å². The van der Waals surface area contributed by atoms with Crippen molar-refractivity contribution in [3.8, 4) is 0 Å². The number of hydrogen-bond donors (Lipinski definition) is 2. The Labute approximate surface area is 120 Å². The highest BCUT2D eigenvalue weighted by atomic mass is 32.2. The largest absolute Gasteiger partial charge is 0.391 e. The minimum Gasteiger partial charge on any atom is -0.391 e. The summed E-state index contributed by atoms with van der Waals surface area (Å²) < 4.78 is 27.3. The Balaban J connectivity index is 2.30. The van der Waals surface area contributed by atoms with Crippen molar-refractivity contribution in [1.82, 2.24) is 4.72 Å². The molecule has 0 aliphatic carbocycles. The van der Waals surface area contributed by atoms with Gasteiger partial charge in [-0.25, -0.2) is 13.1 Å². The topological polar surface area (TPSA) is 69.6 Å². The van der Waals surface area contributed by atoms with Crippen LogP contribution in [-0.4, -0.2) is 39.3 Å². The lowest BCUT2D eigenvalue weighted by Gasteiger charge is -2.33. The van der Waals surface area contributed by atoms with Crippen LogP contribution >= 0.6 is 0 Å². The molecule has 112 valence electrons. The number of benzene rings is 1. The molecule has 0 saturated carbocycles. The summed E-state index contributed by atoms with van der Waals surface area (Å²) in [7, 11) is -3.49. The summed E-state index contributed by atoms with van der Waals surface area (Å²) in [4.78, 5) is 2.25. The molecule has 1 aromatic carbocycles. The van der Waals surface area contributed by atoms with E-state index in [-0.39, 0.29) is 6.10 Å². The van der Waals surface area contributed by atoms with Gasteiger partial charge < -0.3 is 10.0 Å². The molecule has 1 heterocycles. The molecule has 0 aromatic heterocycles. The number of nitrogens with zero attached hydrogens (tertiary/aromatic N) is 1. The number of piperidine rings is 1. The van der Waals surface area contributed by atoms with Crippen molar-refractivity contribution in [2.45, 2.75) is 37.2 Å². The number of aliphatic hydroxyl groups is 1. The maximum absolute atomic E-state index is 12.3. The van der Waals surface area contributed by atoms with Gasteiger partial charge >= 0.3 is 0 Å². The second-order valence-corrected chi connectivity index (χ2v) is 6.84. The standard InChI is InChI=1S/C14H22N2O3S/c1-2-9-15-20(18,19)14-8-4-3-7-13(14)16-10-5-6-12(17)11-16/h3-4,7-8,12,15,17H,2,5-6,9-11H2,1H3. The Hall–Kier alpha value is -1.11. The van der Waals surface area contributed by atoms with Crippen LogP contribution in [0, 0.1) is 0 Å². The molecule has 20 heavy (non-hydrogen) atoms. The maximum atomic E-state index is 12.3. The van der Waals surface area contributed by atoms with Crippen LogP contribution in [0.2, 0.25) is 0 Å². The lowest BCUT2D eigenvalue weighted by molar-refractivity contribution is 0.154. The third kappa shape index (κ3) is 3.50. The molecule has 2 N–H and O–H groups in total. The fourth-order valence-corrected chi connectivity index (χ4v) is 3.79. The van der Waals surface area contributed by atoms with Gasteiger partial charge in [0, 0.05) is 19.6 Å². The second kappa shape index (κ2) is 6.56. The Morgan fingerprint density at radius 2 is 2.15 bits per heavy atom. The average Bonchev–Trinajstić information content (AvgIpc) is 2.45. The molecule has 1 fully saturated rings. The second-order valence-electron chi connectivity index (χ2n) is 5.11. The van der Waals surface area contributed by atoms with Gasteiger partial charge in [0.15, 0.2) is 0 Å². The Bertz CT molecular complexity index is 545. The van der Waals surface area contributed by atoms with E-state index in [4.69, 9.17) is 0 Å². The van der Waals surface area contributed by atoms with Crippen LogP contribution < -0.4 is 9.62 Å². The number of para-hydroxylation sites is 1. The van der Waals surface area contributed by atoms with Crippen LogP contribution in [-0.2, 0) is 10.0 Å². The number of rotatable bonds is 5. The molecule has 1 aromatic rings. The lowest BCUT2D eigenvalue weighted by atomic mass is 10.1. The molecule has 1 atom stereocenters. The van der Waals surface area contributed by atoms with Gasteiger partial charge in [-0.1, -0.05) is 19.1 Å². The zero-order valence-electron chi connectivity index (χ0n) is 11.7. The number of hydrogen-bond acceptors (Lipinski definition) is 4. The monoisotopic (exact) mass is 298 g/mol. The van der Waals surface area contributed by atoms with Crippen molar-refractivity contribution in [2.24, 2.45) is 0 Å². The van der Waals surface area contributed by atoms with E-state index in [2.05, 4.69) is 4.72 Å². The fraction of sp³-hybridized carbons (Fsp3) is 0.571. The maximum Gasteiger partial charge on any atom is 0.242 e. The van der Waals surface area contributed by atoms with Gasteiger partial charge in [-0.3, -0.25) is 0 Å². The molecule has 1 aliphatic rings. The predicted molar refractivity (Wildman–Crippen MR) is 79.4 cm³/mol. The van der Waals surface area contributed by atoms with Crippen LogP contribution in [0.15, 0.2) is 29.2 Å². The number of anilines is 1. The number of sulfonamides is 1. The van der Waals surface area contributed by atoms with E-state index < -0.39 is 10.0 Å².